The summed E-state index contributed by atoms with van der Waals surface area (Å²) in [6, 6.07) is 0. The maximum Gasteiger partial charge on any atom is 0.396 e. The van der Waals surface area contributed by atoms with Crippen LogP contribution in [0.3, 0.4) is 0 Å². The van der Waals surface area contributed by atoms with Gasteiger partial charge in [0.25, 0.3) is 0 Å². The summed E-state index contributed by atoms with van der Waals surface area (Å²) < 4.78 is 92.7. The summed E-state index contributed by atoms with van der Waals surface area (Å²) in [5.41, 5.74) is -0.822. The average molecular weight is 391 g/mol. The number of hydrogen-bond donors (Lipinski definition) is 0. The van der Waals surface area contributed by atoms with E-state index < -0.39 is 52.5 Å². The van der Waals surface area contributed by atoms with E-state index in [0.717, 1.165) is 12.8 Å². The fraction of sp³-hybridized carbons (Fsp3) is 0.786. The molecule has 1 aliphatic rings. The zero-order chi connectivity index (χ0) is 19.5. The molecule has 0 radical (unpaired) electrons. The third kappa shape index (κ3) is 5.38. The zero-order valence-electron chi connectivity index (χ0n) is 13.5. The molecule has 0 aromatic heterocycles. The van der Waals surface area contributed by atoms with Gasteiger partial charge >= 0.3 is 17.1 Å². The van der Waals surface area contributed by atoms with E-state index in [1.807, 2.05) is 0 Å². The third-order valence-electron chi connectivity index (χ3n) is 3.87. The van der Waals surface area contributed by atoms with Gasteiger partial charge in [0.1, 0.15) is 5.60 Å². The molecule has 1 fully saturated rings. The summed E-state index contributed by atoms with van der Waals surface area (Å²) >= 11 is 0. The molecule has 0 aromatic rings. The van der Waals surface area contributed by atoms with Crippen LogP contribution < -0.4 is 0 Å². The standard InChI is InChI=1S/C14H20F4O6S/c1-10(11(19)24-12(2)5-3-4-6-12)9-23-8-7-13(15,16)14(17,18)25(20,21)22/h1,3-9H2,2H3,(H,20,21,22)/p-1. The SMILES string of the molecule is C=C(COCCC(F)(F)C(F)(F)S(=O)(=O)[O-])C(=O)OC1(C)CCCC1. The van der Waals surface area contributed by atoms with Crippen molar-refractivity contribution < 1.29 is 44.8 Å². The van der Waals surface area contributed by atoms with Gasteiger partial charge in [0.05, 0.1) is 18.8 Å². The van der Waals surface area contributed by atoms with Crippen LogP contribution in [0.25, 0.3) is 0 Å². The predicted octanol–water partition coefficient (Wildman–Crippen LogP) is 2.60. The maximum absolute atomic E-state index is 13.2. The molecule has 0 N–H and O–H groups in total. The Balaban J connectivity index is 2.44. The molecule has 1 saturated carbocycles. The molecular formula is C14H19F4O6S-. The van der Waals surface area contributed by atoms with Crippen LogP contribution in [0.15, 0.2) is 12.2 Å². The number of ether oxygens (including phenoxy) is 2. The van der Waals surface area contributed by atoms with E-state index in [0.29, 0.717) is 12.8 Å². The molecule has 1 aliphatic carbocycles. The first-order chi connectivity index (χ1) is 11.2. The molecular weight excluding hydrogens is 372 g/mol. The number of rotatable bonds is 9. The summed E-state index contributed by atoms with van der Waals surface area (Å²) in [6.07, 6.45) is 1.44. The minimum atomic E-state index is -6.53. The van der Waals surface area contributed by atoms with Crippen molar-refractivity contribution in [3.63, 3.8) is 0 Å². The van der Waals surface area contributed by atoms with Gasteiger partial charge in [-0.3, -0.25) is 0 Å². The second-order valence-corrected chi connectivity index (χ2v) is 7.55. The first-order valence-electron chi connectivity index (χ1n) is 7.42. The highest BCUT2D eigenvalue weighted by atomic mass is 32.2. The minimum Gasteiger partial charge on any atom is -0.743 e. The Bertz CT molecular complexity index is 611. The molecule has 0 atom stereocenters. The predicted molar refractivity (Wildman–Crippen MR) is 77.1 cm³/mol. The Morgan fingerprint density at radius 2 is 1.76 bits per heavy atom. The topological polar surface area (TPSA) is 92.7 Å². The van der Waals surface area contributed by atoms with Gasteiger partial charge in [-0.05, 0) is 32.6 Å². The van der Waals surface area contributed by atoms with Crippen LogP contribution in [-0.2, 0) is 24.4 Å². The lowest BCUT2D eigenvalue weighted by Crippen LogP contribution is -2.47. The Morgan fingerprint density at radius 3 is 2.24 bits per heavy atom. The summed E-state index contributed by atoms with van der Waals surface area (Å²) in [5, 5.41) is -5.75. The molecule has 0 bridgehead atoms. The summed E-state index contributed by atoms with van der Waals surface area (Å²) in [6.45, 7) is 3.55. The number of alkyl halides is 4. The zero-order valence-corrected chi connectivity index (χ0v) is 14.3. The molecule has 146 valence electrons. The van der Waals surface area contributed by atoms with Crippen molar-refractivity contribution in [3.05, 3.63) is 12.2 Å². The van der Waals surface area contributed by atoms with Gasteiger partial charge in [0, 0.05) is 6.42 Å². The summed E-state index contributed by atoms with van der Waals surface area (Å²) in [4.78, 5) is 11.8. The van der Waals surface area contributed by atoms with Crippen molar-refractivity contribution >= 4 is 16.1 Å². The van der Waals surface area contributed by atoms with E-state index in [1.165, 1.54) is 0 Å². The van der Waals surface area contributed by atoms with Gasteiger partial charge in [-0.25, -0.2) is 13.2 Å². The van der Waals surface area contributed by atoms with E-state index in [1.54, 1.807) is 6.92 Å². The van der Waals surface area contributed by atoms with E-state index in [4.69, 9.17) is 4.74 Å². The molecule has 11 heteroatoms. The molecule has 6 nitrogen and oxygen atoms in total. The Kier molecular flexibility index (Phi) is 6.63. The molecule has 0 spiro atoms. The number of halogens is 4. The molecule has 0 aliphatic heterocycles. The highest BCUT2D eigenvalue weighted by Gasteiger charge is 2.61. The van der Waals surface area contributed by atoms with E-state index in [9.17, 15) is 35.3 Å². The Hall–Kier alpha value is -1.20. The molecule has 0 saturated heterocycles. The highest BCUT2D eigenvalue weighted by molar-refractivity contribution is 7.86. The molecule has 0 amide bonds. The average Bonchev–Trinajstić information content (AvgIpc) is 2.88. The number of carbonyl (C=O) groups excluding carboxylic acids is 1. The summed E-state index contributed by atoms with van der Waals surface area (Å²) in [7, 11) is -6.53. The fourth-order valence-corrected chi connectivity index (χ4v) is 2.77. The van der Waals surface area contributed by atoms with Gasteiger partial charge in [-0.1, -0.05) is 6.58 Å². The molecule has 1 rings (SSSR count). The van der Waals surface area contributed by atoms with E-state index >= 15 is 0 Å². The second-order valence-electron chi connectivity index (χ2n) is 6.13. The maximum atomic E-state index is 13.2. The summed E-state index contributed by atoms with van der Waals surface area (Å²) in [5.74, 6) is -5.89. The first-order valence-corrected chi connectivity index (χ1v) is 8.83. The fourth-order valence-electron chi connectivity index (χ4n) is 2.30. The molecule has 0 unspecified atom stereocenters. The van der Waals surface area contributed by atoms with Gasteiger partial charge in [-0.2, -0.15) is 17.6 Å². The van der Waals surface area contributed by atoms with Crippen LogP contribution in [0.5, 0.6) is 0 Å². The van der Waals surface area contributed by atoms with E-state index in [-0.39, 0.29) is 5.57 Å². The monoisotopic (exact) mass is 391 g/mol. The van der Waals surface area contributed by atoms with Crippen molar-refractivity contribution in [1.29, 1.82) is 0 Å². The normalized spacial score (nSPS) is 18.2. The van der Waals surface area contributed by atoms with Crippen LogP contribution in [-0.4, -0.2) is 48.9 Å². The lowest BCUT2D eigenvalue weighted by Gasteiger charge is -2.28. The van der Waals surface area contributed by atoms with Crippen molar-refractivity contribution in [3.8, 4) is 0 Å². The van der Waals surface area contributed by atoms with Gasteiger partial charge in [-0.15, -0.1) is 0 Å². The largest absolute Gasteiger partial charge is 0.743 e. The number of esters is 1. The lowest BCUT2D eigenvalue weighted by atomic mass is 10.1. The number of carbonyl (C=O) groups is 1. The first kappa shape index (κ1) is 21.8. The van der Waals surface area contributed by atoms with Crippen LogP contribution in [0.1, 0.15) is 39.0 Å². The minimum absolute atomic E-state index is 0.195. The van der Waals surface area contributed by atoms with Crippen molar-refractivity contribution in [1.82, 2.24) is 0 Å². The van der Waals surface area contributed by atoms with Crippen molar-refractivity contribution in [2.75, 3.05) is 13.2 Å². The number of hydrogen-bond acceptors (Lipinski definition) is 6. The second kappa shape index (κ2) is 7.58. The van der Waals surface area contributed by atoms with Crippen LogP contribution in [0, 0.1) is 0 Å². The van der Waals surface area contributed by atoms with Crippen LogP contribution >= 0.6 is 0 Å². The van der Waals surface area contributed by atoms with Crippen LogP contribution in [0.2, 0.25) is 0 Å². The Morgan fingerprint density at radius 1 is 1.24 bits per heavy atom. The van der Waals surface area contributed by atoms with Gasteiger partial charge < -0.3 is 14.0 Å². The van der Waals surface area contributed by atoms with Gasteiger partial charge in [0.15, 0.2) is 10.1 Å². The highest BCUT2D eigenvalue weighted by Crippen LogP contribution is 2.40. The van der Waals surface area contributed by atoms with Crippen LogP contribution in [0.4, 0.5) is 17.6 Å². The molecule has 0 aromatic carbocycles. The molecule has 0 heterocycles. The van der Waals surface area contributed by atoms with Crippen molar-refractivity contribution in [2.45, 2.75) is 55.8 Å². The van der Waals surface area contributed by atoms with E-state index in [2.05, 4.69) is 11.3 Å². The quantitative estimate of drug-likeness (QED) is 0.197. The van der Waals surface area contributed by atoms with Gasteiger partial charge in [0.2, 0.25) is 0 Å². The third-order valence-corrected chi connectivity index (χ3v) is 4.79. The molecule has 25 heavy (non-hydrogen) atoms. The Labute approximate surface area is 142 Å². The smallest absolute Gasteiger partial charge is 0.396 e. The van der Waals surface area contributed by atoms with Crippen molar-refractivity contribution in [2.24, 2.45) is 0 Å². The lowest BCUT2D eigenvalue weighted by molar-refractivity contribution is -0.171.